The van der Waals surface area contributed by atoms with Crippen LogP contribution in [-0.4, -0.2) is 26.1 Å². The topological polar surface area (TPSA) is 87.7 Å². The van der Waals surface area contributed by atoms with Gasteiger partial charge in [-0.3, -0.25) is 4.79 Å². The van der Waals surface area contributed by atoms with Crippen LogP contribution in [0.3, 0.4) is 0 Å². The predicted octanol–water partition coefficient (Wildman–Crippen LogP) is 2.94. The zero-order valence-corrected chi connectivity index (χ0v) is 14.5. The number of thiophene rings is 1. The number of nitrogens with zero attached hydrogens (tertiary/aromatic N) is 3. The molecule has 0 saturated carbocycles. The standard InChI is InChI=1S/C18H17N3O3S/c1-10-20-17-16(13-4-2-3-5-15(13)25-17)18(24)21(10)19-9-11-6-7-12(22)8-14(11)23/h6-9,22-23H,2-5H2,1H3. The van der Waals surface area contributed by atoms with Crippen LogP contribution < -0.4 is 5.56 Å². The first-order chi connectivity index (χ1) is 12.0. The molecule has 0 unspecified atom stereocenters. The van der Waals surface area contributed by atoms with Crippen LogP contribution in [0.4, 0.5) is 0 Å². The maximum absolute atomic E-state index is 13.0. The largest absolute Gasteiger partial charge is 0.508 e. The summed E-state index contributed by atoms with van der Waals surface area (Å²) in [5.74, 6) is 0.373. The number of aromatic hydroxyl groups is 2. The molecule has 6 nitrogen and oxygen atoms in total. The van der Waals surface area contributed by atoms with E-state index in [-0.39, 0.29) is 17.1 Å². The number of hydrogen-bond donors (Lipinski definition) is 2. The van der Waals surface area contributed by atoms with Gasteiger partial charge in [0.2, 0.25) is 0 Å². The molecule has 0 atom stereocenters. The smallest absolute Gasteiger partial charge is 0.283 e. The molecule has 1 aliphatic carbocycles. The number of rotatable bonds is 2. The second-order valence-electron chi connectivity index (χ2n) is 6.15. The van der Waals surface area contributed by atoms with Crippen molar-refractivity contribution in [3.63, 3.8) is 0 Å². The first kappa shape index (κ1) is 15.8. The van der Waals surface area contributed by atoms with Crippen LogP contribution >= 0.6 is 11.3 Å². The minimum atomic E-state index is -0.170. The van der Waals surface area contributed by atoms with E-state index in [1.165, 1.54) is 34.0 Å². The maximum atomic E-state index is 13.0. The zero-order valence-electron chi connectivity index (χ0n) is 13.7. The third kappa shape index (κ3) is 2.70. The summed E-state index contributed by atoms with van der Waals surface area (Å²) in [6.45, 7) is 1.74. The molecular weight excluding hydrogens is 338 g/mol. The van der Waals surface area contributed by atoms with Crippen LogP contribution in [0.5, 0.6) is 11.5 Å². The van der Waals surface area contributed by atoms with Crippen molar-refractivity contribution >= 4 is 27.8 Å². The Kier molecular flexibility index (Phi) is 3.80. The van der Waals surface area contributed by atoms with Gasteiger partial charge in [0, 0.05) is 16.5 Å². The molecule has 2 N–H and O–H groups in total. The quantitative estimate of drug-likeness (QED) is 0.692. The molecule has 1 aromatic carbocycles. The van der Waals surface area contributed by atoms with Crippen molar-refractivity contribution in [3.05, 3.63) is 50.4 Å². The Morgan fingerprint density at radius 1 is 1.28 bits per heavy atom. The predicted molar refractivity (Wildman–Crippen MR) is 98.0 cm³/mol. The normalized spacial score (nSPS) is 14.3. The average molecular weight is 355 g/mol. The Hall–Kier alpha value is -2.67. The van der Waals surface area contributed by atoms with Gasteiger partial charge in [0.15, 0.2) is 0 Å². The molecule has 0 radical (unpaired) electrons. The number of aromatic nitrogens is 2. The van der Waals surface area contributed by atoms with Crippen LogP contribution in [-0.2, 0) is 12.8 Å². The summed E-state index contributed by atoms with van der Waals surface area (Å²) in [7, 11) is 0. The van der Waals surface area contributed by atoms with Gasteiger partial charge < -0.3 is 10.2 Å². The van der Waals surface area contributed by atoms with Crippen molar-refractivity contribution in [1.82, 2.24) is 9.66 Å². The van der Waals surface area contributed by atoms with Crippen LogP contribution in [0, 0.1) is 6.92 Å². The molecule has 4 rings (SSSR count). The maximum Gasteiger partial charge on any atom is 0.283 e. The molecule has 25 heavy (non-hydrogen) atoms. The third-order valence-electron chi connectivity index (χ3n) is 4.46. The Bertz CT molecular complexity index is 1070. The van der Waals surface area contributed by atoms with Gasteiger partial charge in [0.25, 0.3) is 5.56 Å². The molecule has 0 aliphatic heterocycles. The van der Waals surface area contributed by atoms with E-state index in [0.717, 1.165) is 36.1 Å². The highest BCUT2D eigenvalue weighted by Gasteiger charge is 2.21. The number of benzene rings is 1. The van der Waals surface area contributed by atoms with E-state index < -0.39 is 0 Å². The molecule has 7 heteroatoms. The molecule has 0 bridgehead atoms. The van der Waals surface area contributed by atoms with Crippen molar-refractivity contribution in [3.8, 4) is 11.5 Å². The highest BCUT2D eigenvalue weighted by atomic mass is 32.1. The lowest BCUT2D eigenvalue weighted by molar-refractivity contribution is 0.450. The van der Waals surface area contributed by atoms with Crippen molar-refractivity contribution in [1.29, 1.82) is 0 Å². The second-order valence-corrected chi connectivity index (χ2v) is 7.24. The van der Waals surface area contributed by atoms with Crippen LogP contribution in [0.25, 0.3) is 10.2 Å². The summed E-state index contributed by atoms with van der Waals surface area (Å²) in [6.07, 6.45) is 5.58. The third-order valence-corrected chi connectivity index (χ3v) is 5.64. The van der Waals surface area contributed by atoms with Crippen LogP contribution in [0.15, 0.2) is 28.1 Å². The second kappa shape index (κ2) is 6.00. The summed E-state index contributed by atoms with van der Waals surface area (Å²) >= 11 is 1.61. The SMILES string of the molecule is Cc1nc2sc3c(c2c(=O)n1N=Cc1ccc(O)cc1O)CCCC3. The van der Waals surface area contributed by atoms with Crippen LogP contribution in [0.1, 0.15) is 34.7 Å². The summed E-state index contributed by atoms with van der Waals surface area (Å²) in [4.78, 5) is 19.6. The number of hydrogen-bond acceptors (Lipinski definition) is 6. The lowest BCUT2D eigenvalue weighted by Gasteiger charge is -2.10. The van der Waals surface area contributed by atoms with E-state index in [9.17, 15) is 15.0 Å². The summed E-state index contributed by atoms with van der Waals surface area (Å²) in [6, 6.07) is 4.22. The summed E-state index contributed by atoms with van der Waals surface area (Å²) < 4.78 is 1.27. The molecule has 0 amide bonds. The van der Waals surface area contributed by atoms with Crippen LogP contribution in [0.2, 0.25) is 0 Å². The Labute approximate surface area is 147 Å². The number of phenols is 2. The Morgan fingerprint density at radius 3 is 2.88 bits per heavy atom. The zero-order chi connectivity index (χ0) is 17.6. The summed E-state index contributed by atoms with van der Waals surface area (Å²) in [5, 5.41) is 24.1. The molecule has 128 valence electrons. The fourth-order valence-electron chi connectivity index (χ4n) is 3.20. The first-order valence-electron chi connectivity index (χ1n) is 8.15. The van der Waals surface area contributed by atoms with Gasteiger partial charge in [0.05, 0.1) is 11.6 Å². The van der Waals surface area contributed by atoms with Crippen molar-refractivity contribution in [2.24, 2.45) is 5.10 Å². The molecule has 1 aliphatic rings. The highest BCUT2D eigenvalue weighted by molar-refractivity contribution is 7.18. The van der Waals surface area contributed by atoms with Gasteiger partial charge in [-0.1, -0.05) is 0 Å². The Balaban J connectivity index is 1.84. The molecule has 2 aromatic heterocycles. The monoisotopic (exact) mass is 355 g/mol. The van der Waals surface area contributed by atoms with Crippen molar-refractivity contribution in [2.75, 3.05) is 0 Å². The van der Waals surface area contributed by atoms with Gasteiger partial charge in [-0.2, -0.15) is 9.78 Å². The van der Waals surface area contributed by atoms with Gasteiger partial charge in [0.1, 0.15) is 22.2 Å². The molecule has 0 saturated heterocycles. The van der Waals surface area contributed by atoms with Gasteiger partial charge in [-0.05, 0) is 50.3 Å². The van der Waals surface area contributed by atoms with Crippen molar-refractivity contribution < 1.29 is 10.2 Å². The minimum absolute atomic E-state index is 0.0315. The molecular formula is C18H17N3O3S. The minimum Gasteiger partial charge on any atom is -0.508 e. The molecule has 3 aromatic rings. The average Bonchev–Trinajstić information content (AvgIpc) is 2.94. The highest BCUT2D eigenvalue weighted by Crippen LogP contribution is 2.33. The number of phenolic OH excluding ortho intramolecular Hbond substituents is 2. The number of fused-ring (bicyclic) bond motifs is 3. The van der Waals surface area contributed by atoms with Crippen molar-refractivity contribution in [2.45, 2.75) is 32.6 Å². The van der Waals surface area contributed by atoms with E-state index in [1.54, 1.807) is 18.3 Å². The van der Waals surface area contributed by atoms with E-state index in [1.807, 2.05) is 0 Å². The fraction of sp³-hybridized carbons (Fsp3) is 0.278. The molecule has 2 heterocycles. The summed E-state index contributed by atoms with van der Waals surface area (Å²) in [5.41, 5.74) is 1.37. The molecule has 0 spiro atoms. The van der Waals surface area contributed by atoms with Gasteiger partial charge >= 0.3 is 0 Å². The van der Waals surface area contributed by atoms with Gasteiger partial charge in [-0.15, -0.1) is 11.3 Å². The fourth-order valence-corrected chi connectivity index (χ4v) is 4.49. The lowest BCUT2D eigenvalue weighted by atomic mass is 9.97. The van der Waals surface area contributed by atoms with Gasteiger partial charge in [-0.25, -0.2) is 4.98 Å². The molecule has 0 fully saturated rings. The Morgan fingerprint density at radius 2 is 2.08 bits per heavy atom. The van der Waals surface area contributed by atoms with E-state index in [4.69, 9.17) is 0 Å². The lowest BCUT2D eigenvalue weighted by Crippen LogP contribution is -2.21. The number of aryl methyl sites for hydroxylation is 3. The first-order valence-corrected chi connectivity index (χ1v) is 8.96. The van der Waals surface area contributed by atoms with E-state index >= 15 is 0 Å². The van der Waals surface area contributed by atoms with E-state index in [0.29, 0.717) is 16.8 Å². The van der Waals surface area contributed by atoms with E-state index in [2.05, 4.69) is 10.1 Å².